The van der Waals surface area contributed by atoms with Crippen LogP contribution in [0.25, 0.3) is 0 Å². The van der Waals surface area contributed by atoms with Crippen molar-refractivity contribution in [2.24, 2.45) is 0 Å². The topological polar surface area (TPSA) is 29.1 Å². The van der Waals surface area contributed by atoms with E-state index in [0.717, 1.165) is 0 Å². The molecule has 1 unspecified atom stereocenters. The summed E-state index contributed by atoms with van der Waals surface area (Å²) in [5.74, 6) is -0.914. The molecular formula is C9H8BrClFNO. The van der Waals surface area contributed by atoms with Gasteiger partial charge >= 0.3 is 0 Å². The van der Waals surface area contributed by atoms with Crippen LogP contribution in [0.3, 0.4) is 0 Å². The molecule has 0 spiro atoms. The summed E-state index contributed by atoms with van der Waals surface area (Å²) >= 11 is 8.70. The summed E-state index contributed by atoms with van der Waals surface area (Å²) in [5.41, 5.74) is 0.122. The van der Waals surface area contributed by atoms with E-state index in [1.54, 1.807) is 6.07 Å². The first kappa shape index (κ1) is 11.5. The smallest absolute Gasteiger partial charge is 0.242 e. The number of alkyl halides is 1. The fourth-order valence-electron chi connectivity index (χ4n) is 0.825. The van der Waals surface area contributed by atoms with Gasteiger partial charge in [0.15, 0.2) is 0 Å². The van der Waals surface area contributed by atoms with Crippen molar-refractivity contribution in [3.05, 3.63) is 28.5 Å². The van der Waals surface area contributed by atoms with E-state index in [9.17, 15) is 9.18 Å². The molecule has 76 valence electrons. The highest BCUT2D eigenvalue weighted by atomic mass is 79.9. The Morgan fingerprint density at radius 2 is 2.29 bits per heavy atom. The molecule has 0 radical (unpaired) electrons. The Kier molecular flexibility index (Phi) is 3.89. The molecule has 0 fully saturated rings. The van der Waals surface area contributed by atoms with Gasteiger partial charge in [-0.15, -0.1) is 11.6 Å². The van der Waals surface area contributed by atoms with E-state index in [0.29, 0.717) is 4.47 Å². The molecule has 1 N–H and O–H groups in total. The van der Waals surface area contributed by atoms with Crippen molar-refractivity contribution in [1.82, 2.24) is 0 Å². The molecule has 0 aromatic heterocycles. The molecule has 5 heteroatoms. The number of rotatable bonds is 2. The third kappa shape index (κ3) is 2.96. The Hall–Kier alpha value is -0.610. The molecule has 0 saturated heterocycles. The fraction of sp³-hybridized carbons (Fsp3) is 0.222. The number of hydrogen-bond donors (Lipinski definition) is 1. The SMILES string of the molecule is CC(Cl)C(=O)Nc1cc(Br)ccc1F. The zero-order valence-electron chi connectivity index (χ0n) is 7.35. The van der Waals surface area contributed by atoms with E-state index in [1.165, 1.54) is 19.1 Å². The molecule has 0 aliphatic carbocycles. The predicted molar refractivity (Wildman–Crippen MR) is 58.0 cm³/mol. The standard InChI is InChI=1S/C9H8BrClFNO/c1-5(11)9(14)13-8-4-6(10)2-3-7(8)12/h2-5H,1H3,(H,13,14). The molecule has 1 aromatic carbocycles. The van der Waals surface area contributed by atoms with E-state index in [-0.39, 0.29) is 5.69 Å². The van der Waals surface area contributed by atoms with Crippen molar-refractivity contribution in [3.8, 4) is 0 Å². The lowest BCUT2D eigenvalue weighted by Crippen LogP contribution is -2.20. The van der Waals surface area contributed by atoms with E-state index in [4.69, 9.17) is 11.6 Å². The van der Waals surface area contributed by atoms with Gasteiger partial charge in [0, 0.05) is 4.47 Å². The summed E-state index contributed by atoms with van der Waals surface area (Å²) in [5, 5.41) is 1.69. The van der Waals surface area contributed by atoms with Crippen molar-refractivity contribution >= 4 is 39.1 Å². The molecule has 0 aliphatic heterocycles. The number of carbonyl (C=O) groups excluding carboxylic acids is 1. The third-order valence-electron chi connectivity index (χ3n) is 1.55. The first-order valence-corrected chi connectivity index (χ1v) is 5.13. The van der Waals surface area contributed by atoms with Crippen LogP contribution in [0.4, 0.5) is 10.1 Å². The number of benzene rings is 1. The number of halogens is 3. The lowest BCUT2D eigenvalue weighted by Gasteiger charge is -2.07. The van der Waals surface area contributed by atoms with Crippen LogP contribution < -0.4 is 5.32 Å². The van der Waals surface area contributed by atoms with E-state index in [2.05, 4.69) is 21.2 Å². The zero-order valence-corrected chi connectivity index (χ0v) is 9.69. The minimum atomic E-state index is -0.687. The minimum absolute atomic E-state index is 0.122. The van der Waals surface area contributed by atoms with Crippen molar-refractivity contribution in [2.75, 3.05) is 5.32 Å². The molecule has 1 atom stereocenters. The number of nitrogens with one attached hydrogen (secondary N) is 1. The highest BCUT2D eigenvalue weighted by Gasteiger charge is 2.11. The first-order valence-electron chi connectivity index (χ1n) is 3.90. The summed E-state index contributed by atoms with van der Waals surface area (Å²) in [7, 11) is 0. The Balaban J connectivity index is 2.86. The second-order valence-electron chi connectivity index (χ2n) is 2.73. The number of anilines is 1. The molecule has 1 aromatic rings. The van der Waals surface area contributed by atoms with Crippen molar-refractivity contribution in [3.63, 3.8) is 0 Å². The van der Waals surface area contributed by atoms with Gasteiger partial charge in [-0.3, -0.25) is 4.79 Å². The van der Waals surface area contributed by atoms with Gasteiger partial charge in [0.2, 0.25) is 5.91 Å². The zero-order chi connectivity index (χ0) is 10.7. The van der Waals surface area contributed by atoms with Crippen molar-refractivity contribution in [1.29, 1.82) is 0 Å². The second-order valence-corrected chi connectivity index (χ2v) is 4.30. The van der Waals surface area contributed by atoms with Crippen LogP contribution in [0, 0.1) is 5.82 Å². The maximum absolute atomic E-state index is 13.1. The Morgan fingerprint density at radius 1 is 1.64 bits per heavy atom. The molecule has 1 rings (SSSR count). The molecule has 0 saturated carbocycles. The van der Waals surface area contributed by atoms with Gasteiger partial charge in [-0.1, -0.05) is 15.9 Å². The highest BCUT2D eigenvalue weighted by molar-refractivity contribution is 9.10. The lowest BCUT2D eigenvalue weighted by molar-refractivity contribution is -0.115. The summed E-state index contributed by atoms with van der Waals surface area (Å²) in [6, 6.07) is 4.29. The second kappa shape index (κ2) is 4.75. The van der Waals surface area contributed by atoms with Gasteiger partial charge in [0.1, 0.15) is 11.2 Å². The molecule has 0 heterocycles. The third-order valence-corrected chi connectivity index (χ3v) is 2.24. The monoisotopic (exact) mass is 279 g/mol. The van der Waals surface area contributed by atoms with E-state index >= 15 is 0 Å². The maximum Gasteiger partial charge on any atom is 0.242 e. The minimum Gasteiger partial charge on any atom is -0.322 e. The molecule has 0 aliphatic rings. The van der Waals surface area contributed by atoms with Crippen molar-refractivity contribution < 1.29 is 9.18 Å². The molecule has 14 heavy (non-hydrogen) atoms. The molecule has 0 bridgehead atoms. The summed E-state index contributed by atoms with van der Waals surface area (Å²) in [4.78, 5) is 11.2. The number of hydrogen-bond acceptors (Lipinski definition) is 1. The average Bonchev–Trinajstić information content (AvgIpc) is 2.11. The first-order chi connectivity index (χ1) is 6.50. The molecular weight excluding hydrogens is 272 g/mol. The average molecular weight is 281 g/mol. The maximum atomic E-state index is 13.1. The summed E-state index contributed by atoms with van der Waals surface area (Å²) < 4.78 is 13.8. The van der Waals surface area contributed by atoms with E-state index < -0.39 is 17.1 Å². The predicted octanol–water partition coefficient (Wildman–Crippen LogP) is 3.15. The van der Waals surface area contributed by atoms with Crippen LogP contribution in [0.5, 0.6) is 0 Å². The van der Waals surface area contributed by atoms with Crippen LogP contribution in [-0.2, 0) is 4.79 Å². The Bertz CT molecular complexity index is 357. The summed E-state index contributed by atoms with van der Waals surface area (Å²) in [6.45, 7) is 1.52. The fourth-order valence-corrected chi connectivity index (χ4v) is 1.24. The van der Waals surface area contributed by atoms with Gasteiger partial charge in [-0.2, -0.15) is 0 Å². The van der Waals surface area contributed by atoms with Gasteiger partial charge in [0.25, 0.3) is 0 Å². The number of amides is 1. The van der Waals surface area contributed by atoms with Gasteiger partial charge in [-0.25, -0.2) is 4.39 Å². The molecule has 2 nitrogen and oxygen atoms in total. The van der Waals surface area contributed by atoms with Crippen LogP contribution >= 0.6 is 27.5 Å². The quantitative estimate of drug-likeness (QED) is 0.829. The number of carbonyl (C=O) groups is 1. The van der Waals surface area contributed by atoms with Crippen LogP contribution in [-0.4, -0.2) is 11.3 Å². The van der Waals surface area contributed by atoms with Gasteiger partial charge in [0.05, 0.1) is 5.69 Å². The highest BCUT2D eigenvalue weighted by Crippen LogP contribution is 2.20. The van der Waals surface area contributed by atoms with Crippen LogP contribution in [0.15, 0.2) is 22.7 Å². The van der Waals surface area contributed by atoms with Crippen LogP contribution in [0.1, 0.15) is 6.92 Å². The van der Waals surface area contributed by atoms with Gasteiger partial charge < -0.3 is 5.32 Å². The van der Waals surface area contributed by atoms with Gasteiger partial charge in [-0.05, 0) is 25.1 Å². The van der Waals surface area contributed by atoms with Crippen LogP contribution in [0.2, 0.25) is 0 Å². The largest absolute Gasteiger partial charge is 0.322 e. The normalized spacial score (nSPS) is 12.3. The Labute approximate surface area is 94.6 Å². The van der Waals surface area contributed by atoms with E-state index in [1.807, 2.05) is 0 Å². The Morgan fingerprint density at radius 3 is 2.86 bits per heavy atom. The molecule has 1 amide bonds. The summed E-state index contributed by atoms with van der Waals surface area (Å²) in [6.07, 6.45) is 0. The lowest BCUT2D eigenvalue weighted by atomic mass is 10.3. The van der Waals surface area contributed by atoms with Crippen molar-refractivity contribution in [2.45, 2.75) is 12.3 Å².